The number of rotatable bonds is 5. The Bertz CT molecular complexity index is 1110. The molecule has 1 aliphatic heterocycles. The summed E-state index contributed by atoms with van der Waals surface area (Å²) in [6, 6.07) is 10.6. The highest BCUT2D eigenvalue weighted by Crippen LogP contribution is 2.35. The van der Waals surface area contributed by atoms with Crippen molar-refractivity contribution in [2.75, 3.05) is 24.9 Å². The molecule has 8 nitrogen and oxygen atoms in total. The minimum Gasteiger partial charge on any atom is -0.496 e. The molecule has 2 heterocycles. The van der Waals surface area contributed by atoms with Gasteiger partial charge in [0.15, 0.2) is 11.2 Å². The number of thiazole rings is 1. The molecule has 154 valence electrons. The summed E-state index contributed by atoms with van der Waals surface area (Å²) >= 11 is 1.29. The van der Waals surface area contributed by atoms with Crippen molar-refractivity contribution < 1.29 is 23.8 Å². The second kappa shape index (κ2) is 8.03. The molecule has 2 aromatic carbocycles. The lowest BCUT2D eigenvalue weighted by molar-refractivity contribution is -0.122. The van der Waals surface area contributed by atoms with Crippen molar-refractivity contribution in [3.05, 3.63) is 47.3 Å². The Balaban J connectivity index is 1.57. The van der Waals surface area contributed by atoms with Gasteiger partial charge in [-0.05, 0) is 37.3 Å². The van der Waals surface area contributed by atoms with Gasteiger partial charge in [-0.3, -0.25) is 14.9 Å². The smallest absolute Gasteiger partial charge is 0.265 e. The maximum Gasteiger partial charge on any atom is 0.265 e. The van der Waals surface area contributed by atoms with Crippen LogP contribution in [0.2, 0.25) is 0 Å². The standard InChI is InChI=1S/C21H19N3O5S/c1-11-19(25)22-13-9-12(7-8-15(13)29-11)14-10-30-21(23-14)24-20(26)18-16(27-2)5-4-6-17(18)28-3/h4-11H,1-3H3,(H,22,25)(H,23,24,26). The number of ether oxygens (including phenoxy) is 3. The number of hydrogen-bond donors (Lipinski definition) is 2. The molecule has 1 unspecified atom stereocenters. The van der Waals surface area contributed by atoms with Gasteiger partial charge in [0.1, 0.15) is 22.8 Å². The molecule has 0 saturated carbocycles. The predicted octanol–water partition coefficient (Wildman–Crippen LogP) is 3.80. The van der Waals surface area contributed by atoms with Crippen molar-refractivity contribution in [1.82, 2.24) is 4.98 Å². The fraction of sp³-hybridized carbons (Fsp3) is 0.190. The number of methoxy groups -OCH3 is 2. The van der Waals surface area contributed by atoms with Crippen molar-refractivity contribution in [2.24, 2.45) is 0 Å². The molecule has 4 rings (SSSR count). The first kappa shape index (κ1) is 19.7. The maximum atomic E-state index is 12.8. The molecule has 0 spiro atoms. The van der Waals surface area contributed by atoms with Crippen LogP contribution in [0.15, 0.2) is 41.8 Å². The summed E-state index contributed by atoms with van der Waals surface area (Å²) in [6.45, 7) is 1.69. The van der Waals surface area contributed by atoms with Gasteiger partial charge >= 0.3 is 0 Å². The average Bonchev–Trinajstić information content (AvgIpc) is 3.21. The Morgan fingerprint density at radius 3 is 2.63 bits per heavy atom. The normalized spacial score (nSPS) is 14.9. The van der Waals surface area contributed by atoms with E-state index in [0.29, 0.717) is 39.3 Å². The lowest BCUT2D eigenvalue weighted by atomic mass is 10.1. The molecule has 0 saturated heterocycles. The average molecular weight is 425 g/mol. The van der Waals surface area contributed by atoms with Gasteiger partial charge < -0.3 is 19.5 Å². The number of nitrogens with zero attached hydrogens (tertiary/aromatic N) is 1. The number of benzene rings is 2. The first-order valence-electron chi connectivity index (χ1n) is 9.10. The molecule has 9 heteroatoms. The molecule has 0 fully saturated rings. The molecule has 30 heavy (non-hydrogen) atoms. The third-order valence-electron chi connectivity index (χ3n) is 4.59. The van der Waals surface area contributed by atoms with E-state index in [9.17, 15) is 9.59 Å². The SMILES string of the molecule is COc1cccc(OC)c1C(=O)Nc1nc(-c2ccc3c(c2)NC(=O)C(C)O3)cs1. The summed E-state index contributed by atoms with van der Waals surface area (Å²) in [7, 11) is 2.98. The van der Waals surface area contributed by atoms with Gasteiger partial charge in [-0.2, -0.15) is 0 Å². The number of carbonyl (C=O) groups is 2. The van der Waals surface area contributed by atoms with Crippen molar-refractivity contribution in [2.45, 2.75) is 13.0 Å². The highest BCUT2D eigenvalue weighted by molar-refractivity contribution is 7.14. The van der Waals surface area contributed by atoms with Crippen LogP contribution in [0.5, 0.6) is 17.2 Å². The zero-order valence-electron chi connectivity index (χ0n) is 16.5. The second-order valence-corrected chi connectivity index (χ2v) is 7.35. The van der Waals surface area contributed by atoms with Crippen LogP contribution in [0.4, 0.5) is 10.8 Å². The molecular formula is C21H19N3O5S. The van der Waals surface area contributed by atoms with E-state index in [1.807, 2.05) is 11.4 Å². The number of aromatic nitrogens is 1. The van der Waals surface area contributed by atoms with Crippen LogP contribution in [0.25, 0.3) is 11.3 Å². The Morgan fingerprint density at radius 1 is 1.20 bits per heavy atom. The Kier molecular flexibility index (Phi) is 5.28. The molecule has 0 aliphatic carbocycles. The summed E-state index contributed by atoms with van der Waals surface area (Å²) in [4.78, 5) is 29.2. The van der Waals surface area contributed by atoms with Crippen molar-refractivity contribution >= 4 is 34.0 Å². The number of amides is 2. The fourth-order valence-electron chi connectivity index (χ4n) is 3.07. The zero-order chi connectivity index (χ0) is 21.3. The van der Waals surface area contributed by atoms with E-state index < -0.39 is 6.10 Å². The lowest BCUT2D eigenvalue weighted by Gasteiger charge is -2.23. The zero-order valence-corrected chi connectivity index (χ0v) is 17.3. The highest BCUT2D eigenvalue weighted by atomic mass is 32.1. The van der Waals surface area contributed by atoms with E-state index in [0.717, 1.165) is 5.56 Å². The fourth-order valence-corrected chi connectivity index (χ4v) is 3.78. The topological polar surface area (TPSA) is 98.8 Å². The number of nitrogens with one attached hydrogen (secondary N) is 2. The summed E-state index contributed by atoms with van der Waals surface area (Å²) in [5.41, 5.74) is 2.34. The molecule has 1 atom stereocenters. The first-order valence-corrected chi connectivity index (χ1v) is 9.98. The Hall–Kier alpha value is -3.59. The number of anilines is 2. The Morgan fingerprint density at radius 2 is 1.93 bits per heavy atom. The van der Waals surface area contributed by atoms with Gasteiger partial charge in [0.25, 0.3) is 11.8 Å². The second-order valence-electron chi connectivity index (χ2n) is 6.49. The van der Waals surface area contributed by atoms with Crippen LogP contribution in [0.3, 0.4) is 0 Å². The summed E-state index contributed by atoms with van der Waals surface area (Å²) in [5.74, 6) is 0.839. The van der Waals surface area contributed by atoms with Crippen molar-refractivity contribution in [3.63, 3.8) is 0 Å². The van der Waals surface area contributed by atoms with E-state index in [-0.39, 0.29) is 11.8 Å². The molecule has 1 aromatic heterocycles. The summed E-state index contributed by atoms with van der Waals surface area (Å²) in [5, 5.41) is 7.86. The van der Waals surface area contributed by atoms with Crippen LogP contribution >= 0.6 is 11.3 Å². The number of carbonyl (C=O) groups excluding carboxylic acids is 2. The largest absolute Gasteiger partial charge is 0.496 e. The van der Waals surface area contributed by atoms with Crippen LogP contribution in [-0.4, -0.2) is 37.1 Å². The van der Waals surface area contributed by atoms with Gasteiger partial charge in [-0.1, -0.05) is 6.07 Å². The quantitative estimate of drug-likeness (QED) is 0.645. The van der Waals surface area contributed by atoms with E-state index in [1.165, 1.54) is 25.6 Å². The highest BCUT2D eigenvalue weighted by Gasteiger charge is 2.24. The minimum absolute atomic E-state index is 0.198. The lowest BCUT2D eigenvalue weighted by Crippen LogP contribution is -2.34. The third-order valence-corrected chi connectivity index (χ3v) is 5.34. The molecule has 1 aliphatic rings. The summed E-state index contributed by atoms with van der Waals surface area (Å²) < 4.78 is 16.1. The van der Waals surface area contributed by atoms with E-state index in [2.05, 4.69) is 15.6 Å². The summed E-state index contributed by atoms with van der Waals surface area (Å²) in [6.07, 6.45) is -0.531. The Labute approximate surface area is 176 Å². The van der Waals surface area contributed by atoms with Crippen LogP contribution in [-0.2, 0) is 4.79 Å². The van der Waals surface area contributed by atoms with Crippen LogP contribution in [0.1, 0.15) is 17.3 Å². The third kappa shape index (κ3) is 3.67. The molecule has 3 aromatic rings. The van der Waals surface area contributed by atoms with Gasteiger partial charge in [-0.15, -0.1) is 11.3 Å². The van der Waals surface area contributed by atoms with Gasteiger partial charge in [-0.25, -0.2) is 4.98 Å². The van der Waals surface area contributed by atoms with Crippen LogP contribution in [0, 0.1) is 0 Å². The number of fused-ring (bicyclic) bond motifs is 1. The molecular weight excluding hydrogens is 406 g/mol. The van der Waals surface area contributed by atoms with E-state index in [1.54, 1.807) is 37.3 Å². The van der Waals surface area contributed by atoms with E-state index >= 15 is 0 Å². The molecule has 0 radical (unpaired) electrons. The van der Waals surface area contributed by atoms with Crippen LogP contribution < -0.4 is 24.8 Å². The maximum absolute atomic E-state index is 12.8. The number of hydrogen-bond acceptors (Lipinski definition) is 7. The molecule has 2 amide bonds. The predicted molar refractivity (Wildman–Crippen MR) is 114 cm³/mol. The van der Waals surface area contributed by atoms with Crippen molar-refractivity contribution in [3.8, 4) is 28.5 Å². The van der Waals surface area contributed by atoms with Gasteiger partial charge in [0.2, 0.25) is 0 Å². The first-order chi connectivity index (χ1) is 14.5. The van der Waals surface area contributed by atoms with E-state index in [4.69, 9.17) is 14.2 Å². The molecule has 0 bridgehead atoms. The van der Waals surface area contributed by atoms with Crippen molar-refractivity contribution in [1.29, 1.82) is 0 Å². The monoisotopic (exact) mass is 425 g/mol. The van der Waals surface area contributed by atoms with Gasteiger partial charge in [0.05, 0.1) is 25.6 Å². The molecule has 2 N–H and O–H groups in total. The minimum atomic E-state index is -0.531. The van der Waals surface area contributed by atoms with Gasteiger partial charge in [0, 0.05) is 10.9 Å².